The minimum Gasteiger partial charge on any atom is -0.439 e. The number of ether oxygens (including phenoxy) is 1. The number of rotatable bonds is 4. The van der Waals surface area contributed by atoms with E-state index in [0.29, 0.717) is 28.3 Å². The highest BCUT2D eigenvalue weighted by Gasteiger charge is 2.34. The van der Waals surface area contributed by atoms with E-state index in [-0.39, 0.29) is 11.9 Å². The van der Waals surface area contributed by atoms with Crippen LogP contribution in [0.15, 0.2) is 42.5 Å². The first-order valence-electron chi connectivity index (χ1n) is 8.61. The van der Waals surface area contributed by atoms with E-state index in [2.05, 4.69) is 15.2 Å². The highest BCUT2D eigenvalue weighted by atomic mass is 35.5. The van der Waals surface area contributed by atoms with Gasteiger partial charge in [-0.1, -0.05) is 17.7 Å². The van der Waals surface area contributed by atoms with Gasteiger partial charge in [0.1, 0.15) is 10.9 Å². The van der Waals surface area contributed by atoms with Gasteiger partial charge in [-0.2, -0.15) is 0 Å². The van der Waals surface area contributed by atoms with Gasteiger partial charge in [0.25, 0.3) is 5.91 Å². The van der Waals surface area contributed by atoms with Gasteiger partial charge >= 0.3 is 0 Å². The minimum absolute atomic E-state index is 0.0221. The Bertz CT molecular complexity index is 758. The van der Waals surface area contributed by atoms with Gasteiger partial charge in [0.2, 0.25) is 5.88 Å². The van der Waals surface area contributed by atoms with Crippen molar-refractivity contribution in [1.82, 2.24) is 15.2 Å². The summed E-state index contributed by atoms with van der Waals surface area (Å²) in [6.07, 6.45) is 2.37. The van der Waals surface area contributed by atoms with Crippen molar-refractivity contribution in [3.05, 3.63) is 53.2 Å². The summed E-state index contributed by atoms with van der Waals surface area (Å²) in [6, 6.07) is 12.6. The quantitative estimate of drug-likeness (QED) is 0.852. The lowest BCUT2D eigenvalue weighted by molar-refractivity contribution is 0.0620. The Morgan fingerprint density at radius 3 is 2.56 bits per heavy atom. The number of benzene rings is 1. The smallest absolute Gasteiger partial charge is 0.251 e. The molecule has 4 heterocycles. The zero-order chi connectivity index (χ0) is 17.2. The number of carbonyl (C=O) groups is 1. The number of amides is 1. The van der Waals surface area contributed by atoms with Crippen LogP contribution in [-0.4, -0.2) is 41.5 Å². The molecular weight excluding hydrogens is 338 g/mol. The van der Waals surface area contributed by atoms with Crippen molar-refractivity contribution in [1.29, 1.82) is 0 Å². The number of hydrogen-bond acceptors (Lipinski definition) is 4. The van der Waals surface area contributed by atoms with Crippen molar-refractivity contribution in [2.24, 2.45) is 5.92 Å². The van der Waals surface area contributed by atoms with Crippen molar-refractivity contribution in [2.45, 2.75) is 18.9 Å². The van der Waals surface area contributed by atoms with Crippen LogP contribution in [0.5, 0.6) is 11.6 Å². The molecule has 130 valence electrons. The highest BCUT2D eigenvalue weighted by Crippen LogP contribution is 2.28. The second-order valence-corrected chi connectivity index (χ2v) is 7.03. The number of piperidine rings is 3. The standard InChI is InChI=1S/C19H20ClN3O2/c20-17-2-1-3-18(22-17)25-15-6-4-14(5-7-15)19(24)21-16-12-23-10-8-13(16)9-11-23/h1-7,13,16H,8-12H2,(H,21,24)/t16-/m0/s1. The predicted molar refractivity (Wildman–Crippen MR) is 96.2 cm³/mol. The molecule has 1 atom stereocenters. The maximum absolute atomic E-state index is 12.5. The van der Waals surface area contributed by atoms with Crippen molar-refractivity contribution >= 4 is 17.5 Å². The molecule has 3 aliphatic heterocycles. The first-order valence-corrected chi connectivity index (χ1v) is 8.99. The Kier molecular flexibility index (Phi) is 4.59. The van der Waals surface area contributed by atoms with Crippen LogP contribution in [0.1, 0.15) is 23.2 Å². The molecule has 25 heavy (non-hydrogen) atoms. The van der Waals surface area contributed by atoms with Gasteiger partial charge in [0, 0.05) is 24.2 Å². The average Bonchev–Trinajstić information content (AvgIpc) is 2.63. The molecule has 6 heteroatoms. The van der Waals surface area contributed by atoms with E-state index in [9.17, 15) is 4.79 Å². The van der Waals surface area contributed by atoms with Crippen LogP contribution in [0.2, 0.25) is 5.15 Å². The number of hydrogen-bond donors (Lipinski definition) is 1. The van der Waals surface area contributed by atoms with Crippen LogP contribution in [0.25, 0.3) is 0 Å². The third kappa shape index (κ3) is 3.78. The first kappa shape index (κ1) is 16.4. The van der Waals surface area contributed by atoms with E-state index in [1.54, 1.807) is 42.5 Å². The van der Waals surface area contributed by atoms with E-state index in [1.807, 2.05) is 0 Å². The van der Waals surface area contributed by atoms with Crippen molar-refractivity contribution < 1.29 is 9.53 Å². The van der Waals surface area contributed by atoms with E-state index < -0.39 is 0 Å². The third-order valence-electron chi connectivity index (χ3n) is 5.00. The van der Waals surface area contributed by atoms with Crippen LogP contribution >= 0.6 is 11.6 Å². The summed E-state index contributed by atoms with van der Waals surface area (Å²) < 4.78 is 5.65. The SMILES string of the molecule is O=C(N[C@H]1CN2CCC1CC2)c1ccc(Oc2cccc(Cl)n2)cc1. The summed E-state index contributed by atoms with van der Waals surface area (Å²) in [5, 5.41) is 3.57. The first-order chi connectivity index (χ1) is 12.2. The van der Waals surface area contributed by atoms with E-state index in [4.69, 9.17) is 16.3 Å². The number of nitrogens with zero attached hydrogens (tertiary/aromatic N) is 2. The lowest BCUT2D eigenvalue weighted by Crippen LogP contribution is -2.57. The summed E-state index contributed by atoms with van der Waals surface area (Å²) in [6.45, 7) is 3.30. The molecule has 2 bridgehead atoms. The Labute approximate surface area is 152 Å². The van der Waals surface area contributed by atoms with Gasteiger partial charge in [-0.3, -0.25) is 4.79 Å². The van der Waals surface area contributed by atoms with Crippen LogP contribution in [0.4, 0.5) is 0 Å². The molecule has 0 radical (unpaired) electrons. The number of carbonyl (C=O) groups excluding carboxylic acids is 1. The highest BCUT2D eigenvalue weighted by molar-refractivity contribution is 6.29. The number of aromatic nitrogens is 1. The Morgan fingerprint density at radius 1 is 1.16 bits per heavy atom. The van der Waals surface area contributed by atoms with Gasteiger partial charge in [-0.15, -0.1) is 0 Å². The number of fused-ring (bicyclic) bond motifs is 3. The summed E-state index contributed by atoms with van der Waals surface area (Å²) >= 11 is 5.85. The summed E-state index contributed by atoms with van der Waals surface area (Å²) in [5.41, 5.74) is 0.642. The average molecular weight is 358 g/mol. The lowest BCUT2D eigenvalue weighted by atomic mass is 9.84. The topological polar surface area (TPSA) is 54.5 Å². The van der Waals surface area contributed by atoms with E-state index >= 15 is 0 Å². The lowest BCUT2D eigenvalue weighted by Gasteiger charge is -2.44. The molecule has 3 fully saturated rings. The monoisotopic (exact) mass is 357 g/mol. The normalized spacial score (nSPS) is 24.8. The summed E-state index contributed by atoms with van der Waals surface area (Å²) in [7, 11) is 0. The molecule has 0 saturated carbocycles. The molecule has 0 spiro atoms. The van der Waals surface area contributed by atoms with Crippen LogP contribution < -0.4 is 10.1 Å². The van der Waals surface area contributed by atoms with Crippen molar-refractivity contribution in [3.63, 3.8) is 0 Å². The molecule has 3 saturated heterocycles. The third-order valence-corrected chi connectivity index (χ3v) is 5.21. The number of nitrogens with one attached hydrogen (secondary N) is 1. The van der Waals surface area contributed by atoms with Gasteiger partial charge in [0.05, 0.1) is 0 Å². The van der Waals surface area contributed by atoms with Crippen molar-refractivity contribution in [3.8, 4) is 11.6 Å². The summed E-state index contributed by atoms with van der Waals surface area (Å²) in [4.78, 5) is 19.0. The molecule has 3 aliphatic rings. The fourth-order valence-corrected chi connectivity index (χ4v) is 3.78. The Hall–Kier alpha value is -2.11. The van der Waals surface area contributed by atoms with Crippen molar-refractivity contribution in [2.75, 3.05) is 19.6 Å². The molecule has 1 aromatic carbocycles. The van der Waals surface area contributed by atoms with E-state index in [1.165, 1.54) is 25.9 Å². The van der Waals surface area contributed by atoms with Gasteiger partial charge in [-0.05, 0) is 62.2 Å². The Morgan fingerprint density at radius 2 is 1.92 bits per heavy atom. The maximum Gasteiger partial charge on any atom is 0.251 e. The van der Waals surface area contributed by atoms with Gasteiger partial charge < -0.3 is 15.0 Å². The molecule has 0 unspecified atom stereocenters. The van der Waals surface area contributed by atoms with Crippen LogP contribution in [-0.2, 0) is 0 Å². The Balaban J connectivity index is 1.39. The minimum atomic E-state index is -0.0221. The molecule has 1 N–H and O–H groups in total. The maximum atomic E-state index is 12.5. The molecule has 5 rings (SSSR count). The molecule has 5 nitrogen and oxygen atoms in total. The number of halogens is 1. The molecule has 2 aromatic rings. The largest absolute Gasteiger partial charge is 0.439 e. The fraction of sp³-hybridized carbons (Fsp3) is 0.368. The molecule has 1 amide bonds. The predicted octanol–water partition coefficient (Wildman–Crippen LogP) is 3.35. The van der Waals surface area contributed by atoms with Crippen LogP contribution in [0, 0.1) is 5.92 Å². The van der Waals surface area contributed by atoms with Crippen LogP contribution in [0.3, 0.4) is 0 Å². The second kappa shape index (κ2) is 7.02. The summed E-state index contributed by atoms with van der Waals surface area (Å²) in [5.74, 6) is 1.64. The van der Waals surface area contributed by atoms with Gasteiger partial charge in [0.15, 0.2) is 0 Å². The second-order valence-electron chi connectivity index (χ2n) is 6.64. The fourth-order valence-electron chi connectivity index (χ4n) is 3.62. The molecule has 1 aromatic heterocycles. The molecule has 0 aliphatic carbocycles. The zero-order valence-electron chi connectivity index (χ0n) is 13.8. The number of pyridine rings is 1. The van der Waals surface area contributed by atoms with E-state index in [0.717, 1.165) is 6.54 Å². The van der Waals surface area contributed by atoms with Gasteiger partial charge in [-0.25, -0.2) is 4.98 Å². The molecular formula is C19H20ClN3O2. The zero-order valence-corrected chi connectivity index (χ0v) is 14.6.